The van der Waals surface area contributed by atoms with E-state index in [0.29, 0.717) is 18.0 Å². The van der Waals surface area contributed by atoms with Gasteiger partial charge in [-0.2, -0.15) is 0 Å². The second-order valence-corrected chi connectivity index (χ2v) is 4.91. The normalized spacial score (nSPS) is 12.3. The summed E-state index contributed by atoms with van der Waals surface area (Å²) in [5, 5.41) is 10.1. The number of carbonyl (C=O) groups excluding carboxylic acids is 1. The molecular formula is C15H20FNO2. The van der Waals surface area contributed by atoms with E-state index in [2.05, 4.69) is 6.58 Å². The Balaban J connectivity index is 2.75. The Kier molecular flexibility index (Phi) is 5.70. The summed E-state index contributed by atoms with van der Waals surface area (Å²) < 4.78 is 12.8. The summed E-state index contributed by atoms with van der Waals surface area (Å²) in [6.07, 6.45) is 0.406. The maximum Gasteiger partial charge on any atom is 0.246 e. The van der Waals surface area contributed by atoms with Gasteiger partial charge in [0.15, 0.2) is 0 Å². The highest BCUT2D eigenvalue weighted by Gasteiger charge is 2.17. The molecular weight excluding hydrogens is 245 g/mol. The quantitative estimate of drug-likeness (QED) is 0.803. The fourth-order valence-electron chi connectivity index (χ4n) is 1.82. The molecule has 19 heavy (non-hydrogen) atoms. The molecule has 0 saturated heterocycles. The van der Waals surface area contributed by atoms with Gasteiger partial charge in [0.2, 0.25) is 5.91 Å². The summed E-state index contributed by atoms with van der Waals surface area (Å²) in [7, 11) is 0. The predicted molar refractivity (Wildman–Crippen MR) is 73.0 cm³/mol. The SMILES string of the molecule is C=CC(=O)N(CC(C)C)CC(O)c1ccc(F)cc1. The minimum Gasteiger partial charge on any atom is -0.387 e. The van der Waals surface area contributed by atoms with Crippen molar-refractivity contribution in [3.8, 4) is 0 Å². The molecule has 0 aliphatic heterocycles. The average Bonchev–Trinajstić information content (AvgIpc) is 2.37. The fourth-order valence-corrected chi connectivity index (χ4v) is 1.82. The molecule has 1 N–H and O–H groups in total. The molecule has 1 rings (SSSR count). The zero-order valence-corrected chi connectivity index (χ0v) is 11.3. The van der Waals surface area contributed by atoms with Crippen molar-refractivity contribution in [2.75, 3.05) is 13.1 Å². The second kappa shape index (κ2) is 7.04. The number of hydrogen-bond acceptors (Lipinski definition) is 2. The van der Waals surface area contributed by atoms with E-state index in [-0.39, 0.29) is 18.3 Å². The van der Waals surface area contributed by atoms with Crippen LogP contribution in [0.1, 0.15) is 25.5 Å². The molecule has 0 spiro atoms. The van der Waals surface area contributed by atoms with Crippen LogP contribution in [0.4, 0.5) is 4.39 Å². The molecule has 0 bridgehead atoms. The maximum absolute atomic E-state index is 12.8. The topological polar surface area (TPSA) is 40.5 Å². The summed E-state index contributed by atoms with van der Waals surface area (Å²) in [6.45, 7) is 8.17. The number of hydrogen-bond donors (Lipinski definition) is 1. The molecule has 0 radical (unpaired) electrons. The molecule has 0 aliphatic carbocycles. The summed E-state index contributed by atoms with van der Waals surface area (Å²) in [6, 6.07) is 5.62. The Labute approximate surface area is 113 Å². The van der Waals surface area contributed by atoms with Crippen molar-refractivity contribution in [1.29, 1.82) is 0 Å². The Hall–Kier alpha value is -1.68. The first-order valence-corrected chi connectivity index (χ1v) is 6.29. The van der Waals surface area contributed by atoms with Gasteiger partial charge in [0.25, 0.3) is 0 Å². The van der Waals surface area contributed by atoms with Gasteiger partial charge in [0.1, 0.15) is 5.82 Å². The molecule has 0 aliphatic rings. The van der Waals surface area contributed by atoms with Crippen LogP contribution < -0.4 is 0 Å². The molecule has 0 heterocycles. The molecule has 104 valence electrons. The third-order valence-corrected chi connectivity index (χ3v) is 2.72. The third-order valence-electron chi connectivity index (χ3n) is 2.72. The first kappa shape index (κ1) is 15.4. The van der Waals surface area contributed by atoms with E-state index in [1.165, 1.54) is 30.3 Å². The van der Waals surface area contributed by atoms with E-state index in [4.69, 9.17) is 0 Å². The fraction of sp³-hybridized carbons (Fsp3) is 0.400. The number of rotatable bonds is 6. The van der Waals surface area contributed by atoms with Crippen LogP contribution in [-0.4, -0.2) is 29.0 Å². The van der Waals surface area contributed by atoms with Gasteiger partial charge in [-0.05, 0) is 29.7 Å². The number of aliphatic hydroxyl groups excluding tert-OH is 1. The van der Waals surface area contributed by atoms with Crippen molar-refractivity contribution in [3.63, 3.8) is 0 Å². The molecule has 0 fully saturated rings. The highest BCUT2D eigenvalue weighted by molar-refractivity contribution is 5.87. The Bertz CT molecular complexity index is 428. The zero-order valence-electron chi connectivity index (χ0n) is 11.3. The van der Waals surface area contributed by atoms with Gasteiger partial charge in [0, 0.05) is 6.54 Å². The number of benzene rings is 1. The Morgan fingerprint density at radius 1 is 1.37 bits per heavy atom. The predicted octanol–water partition coefficient (Wildman–Crippen LogP) is 2.53. The van der Waals surface area contributed by atoms with Crippen LogP contribution in [0.5, 0.6) is 0 Å². The molecule has 4 heteroatoms. The van der Waals surface area contributed by atoms with E-state index in [1.54, 1.807) is 4.90 Å². The van der Waals surface area contributed by atoms with Gasteiger partial charge in [0.05, 0.1) is 12.6 Å². The third kappa shape index (κ3) is 4.83. The lowest BCUT2D eigenvalue weighted by molar-refractivity contribution is -0.128. The highest BCUT2D eigenvalue weighted by Crippen LogP contribution is 2.16. The zero-order chi connectivity index (χ0) is 14.4. The van der Waals surface area contributed by atoms with Gasteiger partial charge >= 0.3 is 0 Å². The van der Waals surface area contributed by atoms with Crippen LogP contribution in [0.25, 0.3) is 0 Å². The number of aliphatic hydroxyl groups is 1. The molecule has 1 amide bonds. The lowest BCUT2D eigenvalue weighted by Crippen LogP contribution is -2.36. The van der Waals surface area contributed by atoms with Crippen LogP contribution in [0.15, 0.2) is 36.9 Å². The Morgan fingerprint density at radius 3 is 2.42 bits per heavy atom. The van der Waals surface area contributed by atoms with Crippen LogP contribution in [-0.2, 0) is 4.79 Å². The molecule has 3 nitrogen and oxygen atoms in total. The van der Waals surface area contributed by atoms with Crippen LogP contribution in [0.3, 0.4) is 0 Å². The molecule has 1 atom stereocenters. The summed E-state index contributed by atoms with van der Waals surface area (Å²) >= 11 is 0. The average molecular weight is 265 g/mol. The number of halogens is 1. The maximum atomic E-state index is 12.8. The molecule has 0 saturated carbocycles. The van der Waals surface area contributed by atoms with Crippen molar-refractivity contribution >= 4 is 5.91 Å². The van der Waals surface area contributed by atoms with Crippen molar-refractivity contribution in [2.45, 2.75) is 20.0 Å². The molecule has 1 unspecified atom stereocenters. The smallest absolute Gasteiger partial charge is 0.246 e. The second-order valence-electron chi connectivity index (χ2n) is 4.91. The van der Waals surface area contributed by atoms with Crippen molar-refractivity contribution in [1.82, 2.24) is 4.90 Å². The monoisotopic (exact) mass is 265 g/mol. The van der Waals surface area contributed by atoms with E-state index < -0.39 is 6.10 Å². The number of nitrogens with zero attached hydrogens (tertiary/aromatic N) is 1. The van der Waals surface area contributed by atoms with Crippen LogP contribution in [0, 0.1) is 11.7 Å². The van der Waals surface area contributed by atoms with Gasteiger partial charge < -0.3 is 10.0 Å². The van der Waals surface area contributed by atoms with E-state index >= 15 is 0 Å². The summed E-state index contributed by atoms with van der Waals surface area (Å²) in [5.41, 5.74) is 0.590. The first-order valence-electron chi connectivity index (χ1n) is 6.29. The van der Waals surface area contributed by atoms with Gasteiger partial charge in [-0.1, -0.05) is 32.6 Å². The van der Waals surface area contributed by atoms with Crippen molar-refractivity contribution < 1.29 is 14.3 Å². The highest BCUT2D eigenvalue weighted by atomic mass is 19.1. The Morgan fingerprint density at radius 2 is 1.95 bits per heavy atom. The van der Waals surface area contributed by atoms with Crippen molar-refractivity contribution in [2.24, 2.45) is 5.92 Å². The lowest BCUT2D eigenvalue weighted by Gasteiger charge is -2.26. The molecule has 0 aromatic heterocycles. The molecule has 1 aromatic rings. The van der Waals surface area contributed by atoms with E-state index in [0.717, 1.165) is 0 Å². The van der Waals surface area contributed by atoms with Gasteiger partial charge in [-0.15, -0.1) is 0 Å². The van der Waals surface area contributed by atoms with Crippen LogP contribution >= 0.6 is 0 Å². The largest absolute Gasteiger partial charge is 0.387 e. The number of amides is 1. The number of carbonyl (C=O) groups is 1. The summed E-state index contributed by atoms with van der Waals surface area (Å²) in [4.78, 5) is 13.3. The first-order chi connectivity index (χ1) is 8.93. The van der Waals surface area contributed by atoms with E-state index in [1.807, 2.05) is 13.8 Å². The van der Waals surface area contributed by atoms with Crippen LogP contribution in [0.2, 0.25) is 0 Å². The molecule has 1 aromatic carbocycles. The lowest BCUT2D eigenvalue weighted by atomic mass is 10.1. The minimum absolute atomic E-state index is 0.175. The van der Waals surface area contributed by atoms with E-state index in [9.17, 15) is 14.3 Å². The van der Waals surface area contributed by atoms with Gasteiger partial charge in [-0.25, -0.2) is 4.39 Å². The summed E-state index contributed by atoms with van der Waals surface area (Å²) in [5.74, 6) is -0.267. The van der Waals surface area contributed by atoms with Gasteiger partial charge in [-0.3, -0.25) is 4.79 Å². The minimum atomic E-state index is -0.830. The van der Waals surface area contributed by atoms with Crippen molar-refractivity contribution in [3.05, 3.63) is 48.3 Å². The standard InChI is InChI=1S/C15H20FNO2/c1-4-15(19)17(9-11(2)3)10-14(18)12-5-7-13(16)8-6-12/h4-8,11,14,18H,1,9-10H2,2-3H3.